The molecule has 25 heavy (non-hydrogen) atoms. The summed E-state index contributed by atoms with van der Waals surface area (Å²) in [6.07, 6.45) is 13.7. The lowest BCUT2D eigenvalue weighted by Gasteiger charge is -2.28. The predicted molar refractivity (Wildman–Crippen MR) is 102 cm³/mol. The zero-order valence-corrected chi connectivity index (χ0v) is 16.0. The van der Waals surface area contributed by atoms with Crippen LogP contribution in [0.4, 0.5) is 0 Å². The smallest absolute Gasteiger partial charge is 0.337 e. The number of carbonyl (C=O) groups is 1. The third-order valence-electron chi connectivity index (χ3n) is 5.48. The Morgan fingerprint density at radius 3 is 2.12 bits per heavy atom. The van der Waals surface area contributed by atoms with E-state index in [1.165, 1.54) is 64.9 Å². The first-order valence-corrected chi connectivity index (χ1v) is 10.0. The Bertz CT molecular complexity index is 486. The summed E-state index contributed by atoms with van der Waals surface area (Å²) in [6.45, 7) is 3.04. The molecule has 0 saturated heterocycles. The van der Waals surface area contributed by atoms with Crippen LogP contribution in [-0.4, -0.2) is 19.7 Å². The molecule has 1 aromatic carbocycles. The lowest BCUT2D eigenvalue weighted by atomic mass is 9.78. The van der Waals surface area contributed by atoms with Crippen LogP contribution in [0, 0.1) is 11.8 Å². The molecule has 2 rings (SSSR count). The van der Waals surface area contributed by atoms with Crippen molar-refractivity contribution in [1.82, 2.24) is 0 Å². The minimum Gasteiger partial charge on any atom is -0.494 e. The number of ether oxygens (including phenoxy) is 2. The monoisotopic (exact) mass is 346 g/mol. The minimum atomic E-state index is -0.308. The highest BCUT2D eigenvalue weighted by molar-refractivity contribution is 5.89. The third-order valence-corrected chi connectivity index (χ3v) is 5.48. The van der Waals surface area contributed by atoms with Gasteiger partial charge in [-0.25, -0.2) is 4.79 Å². The average Bonchev–Trinajstić information content (AvgIpc) is 2.66. The average molecular weight is 347 g/mol. The van der Waals surface area contributed by atoms with Crippen LogP contribution in [0.3, 0.4) is 0 Å². The molecule has 1 aromatic rings. The molecule has 1 saturated carbocycles. The van der Waals surface area contributed by atoms with E-state index >= 15 is 0 Å². The van der Waals surface area contributed by atoms with Gasteiger partial charge >= 0.3 is 5.97 Å². The second-order valence-electron chi connectivity index (χ2n) is 7.39. The van der Waals surface area contributed by atoms with Crippen molar-refractivity contribution in [2.24, 2.45) is 11.8 Å². The van der Waals surface area contributed by atoms with Crippen molar-refractivity contribution in [3.05, 3.63) is 29.8 Å². The Balaban J connectivity index is 1.57. The molecule has 0 bridgehead atoms. The Hall–Kier alpha value is -1.51. The normalized spacial score (nSPS) is 20.2. The van der Waals surface area contributed by atoms with E-state index in [9.17, 15) is 4.79 Å². The van der Waals surface area contributed by atoms with Gasteiger partial charge in [0.05, 0.1) is 19.3 Å². The van der Waals surface area contributed by atoms with E-state index in [2.05, 4.69) is 6.92 Å². The second kappa shape index (κ2) is 11.2. The van der Waals surface area contributed by atoms with Crippen LogP contribution >= 0.6 is 0 Å². The lowest BCUT2D eigenvalue weighted by molar-refractivity contribution is 0.0600. The Morgan fingerprint density at radius 1 is 0.960 bits per heavy atom. The van der Waals surface area contributed by atoms with Crippen molar-refractivity contribution >= 4 is 5.97 Å². The zero-order valence-electron chi connectivity index (χ0n) is 16.0. The molecular formula is C22H34O3. The summed E-state index contributed by atoms with van der Waals surface area (Å²) in [7, 11) is 1.39. The van der Waals surface area contributed by atoms with E-state index in [4.69, 9.17) is 9.47 Å². The van der Waals surface area contributed by atoms with Gasteiger partial charge in [-0.1, -0.05) is 58.3 Å². The topological polar surface area (TPSA) is 35.5 Å². The van der Waals surface area contributed by atoms with Crippen LogP contribution in [0.5, 0.6) is 5.75 Å². The summed E-state index contributed by atoms with van der Waals surface area (Å²) in [5, 5.41) is 0. The number of methoxy groups -OCH3 is 1. The van der Waals surface area contributed by atoms with Gasteiger partial charge in [0.2, 0.25) is 0 Å². The van der Waals surface area contributed by atoms with Gasteiger partial charge in [-0.3, -0.25) is 0 Å². The molecule has 3 nitrogen and oxygen atoms in total. The van der Waals surface area contributed by atoms with E-state index < -0.39 is 0 Å². The van der Waals surface area contributed by atoms with Crippen LogP contribution < -0.4 is 4.74 Å². The first kappa shape index (κ1) is 19.8. The maximum Gasteiger partial charge on any atom is 0.337 e. The van der Waals surface area contributed by atoms with Crippen molar-refractivity contribution in [3.8, 4) is 5.75 Å². The highest BCUT2D eigenvalue weighted by Gasteiger charge is 2.20. The van der Waals surface area contributed by atoms with Gasteiger partial charge in [-0.05, 0) is 48.9 Å². The van der Waals surface area contributed by atoms with E-state index in [-0.39, 0.29) is 5.97 Å². The fourth-order valence-electron chi connectivity index (χ4n) is 3.86. The SMILES string of the molecule is CCCCC[C@H]1CC[C@H](CCCOc2ccc(C(=O)OC)cc2)CC1. The number of esters is 1. The fourth-order valence-corrected chi connectivity index (χ4v) is 3.86. The summed E-state index contributed by atoms with van der Waals surface area (Å²) in [4.78, 5) is 11.4. The molecule has 0 heterocycles. The number of rotatable bonds is 10. The summed E-state index contributed by atoms with van der Waals surface area (Å²) in [5.41, 5.74) is 0.561. The number of hydrogen-bond donors (Lipinski definition) is 0. The molecule has 0 unspecified atom stereocenters. The molecule has 0 spiro atoms. The fraction of sp³-hybridized carbons (Fsp3) is 0.682. The molecule has 0 aliphatic heterocycles. The lowest BCUT2D eigenvalue weighted by Crippen LogP contribution is -2.15. The van der Waals surface area contributed by atoms with Gasteiger partial charge in [-0.15, -0.1) is 0 Å². The van der Waals surface area contributed by atoms with Crippen LogP contribution in [0.15, 0.2) is 24.3 Å². The van der Waals surface area contributed by atoms with Crippen molar-refractivity contribution in [3.63, 3.8) is 0 Å². The van der Waals surface area contributed by atoms with Crippen molar-refractivity contribution in [2.45, 2.75) is 71.1 Å². The van der Waals surface area contributed by atoms with E-state index in [1.54, 1.807) is 12.1 Å². The van der Waals surface area contributed by atoms with E-state index in [0.29, 0.717) is 5.56 Å². The molecule has 140 valence electrons. The third kappa shape index (κ3) is 7.09. The van der Waals surface area contributed by atoms with Gasteiger partial charge in [0.1, 0.15) is 5.75 Å². The Morgan fingerprint density at radius 2 is 1.56 bits per heavy atom. The molecule has 0 radical (unpaired) electrons. The molecule has 0 amide bonds. The molecule has 0 aromatic heterocycles. The minimum absolute atomic E-state index is 0.308. The van der Waals surface area contributed by atoms with Crippen molar-refractivity contribution in [2.75, 3.05) is 13.7 Å². The molecule has 1 fully saturated rings. The standard InChI is InChI=1S/C22H34O3/c1-3-4-5-7-18-9-11-19(12-10-18)8-6-17-25-21-15-13-20(14-16-21)22(23)24-2/h13-16,18-19H,3-12,17H2,1-2H3/t18-,19-. The maximum absolute atomic E-state index is 11.4. The van der Waals surface area contributed by atoms with Crippen LogP contribution in [-0.2, 0) is 4.74 Å². The summed E-state index contributed by atoms with van der Waals surface area (Å²) in [6, 6.07) is 7.18. The van der Waals surface area contributed by atoms with Crippen LogP contribution in [0.2, 0.25) is 0 Å². The van der Waals surface area contributed by atoms with E-state index in [0.717, 1.165) is 30.6 Å². The van der Waals surface area contributed by atoms with E-state index in [1.807, 2.05) is 12.1 Å². The van der Waals surface area contributed by atoms with Crippen molar-refractivity contribution in [1.29, 1.82) is 0 Å². The summed E-state index contributed by atoms with van der Waals surface area (Å²) >= 11 is 0. The summed E-state index contributed by atoms with van der Waals surface area (Å²) < 4.78 is 10.5. The Kier molecular flexibility index (Phi) is 8.85. The number of carbonyl (C=O) groups excluding carboxylic acids is 1. The largest absolute Gasteiger partial charge is 0.494 e. The first-order valence-electron chi connectivity index (χ1n) is 10.0. The van der Waals surface area contributed by atoms with Gasteiger partial charge < -0.3 is 9.47 Å². The van der Waals surface area contributed by atoms with Gasteiger partial charge in [0.25, 0.3) is 0 Å². The van der Waals surface area contributed by atoms with Gasteiger partial charge in [0, 0.05) is 0 Å². The number of benzene rings is 1. The second-order valence-corrected chi connectivity index (χ2v) is 7.39. The number of unbranched alkanes of at least 4 members (excludes halogenated alkanes) is 2. The molecular weight excluding hydrogens is 312 g/mol. The summed E-state index contributed by atoms with van der Waals surface area (Å²) in [5.74, 6) is 2.41. The zero-order chi connectivity index (χ0) is 17.9. The van der Waals surface area contributed by atoms with Crippen molar-refractivity contribution < 1.29 is 14.3 Å². The first-order chi connectivity index (χ1) is 12.2. The van der Waals surface area contributed by atoms with Gasteiger partial charge in [-0.2, -0.15) is 0 Å². The quantitative estimate of drug-likeness (QED) is 0.384. The highest BCUT2D eigenvalue weighted by atomic mass is 16.5. The molecule has 1 aliphatic carbocycles. The molecule has 0 atom stereocenters. The predicted octanol–water partition coefficient (Wildman–Crippen LogP) is 6.02. The van der Waals surface area contributed by atoms with Crippen LogP contribution in [0.1, 0.15) is 81.5 Å². The molecule has 1 aliphatic rings. The number of hydrogen-bond acceptors (Lipinski definition) is 3. The van der Waals surface area contributed by atoms with Gasteiger partial charge in [0.15, 0.2) is 0 Å². The molecule has 3 heteroatoms. The van der Waals surface area contributed by atoms with Crippen LogP contribution in [0.25, 0.3) is 0 Å². The maximum atomic E-state index is 11.4. The Labute approximate surface area is 153 Å². The molecule has 0 N–H and O–H groups in total. The highest BCUT2D eigenvalue weighted by Crippen LogP contribution is 2.34.